The van der Waals surface area contributed by atoms with Crippen molar-refractivity contribution in [2.24, 2.45) is 5.92 Å². The second-order valence-electron chi connectivity index (χ2n) is 5.52. The van der Waals surface area contributed by atoms with E-state index in [0.717, 1.165) is 28.8 Å². The van der Waals surface area contributed by atoms with E-state index >= 15 is 0 Å². The predicted molar refractivity (Wildman–Crippen MR) is 85.9 cm³/mol. The van der Waals surface area contributed by atoms with Gasteiger partial charge in [0.15, 0.2) is 0 Å². The Kier molecular flexibility index (Phi) is 5.64. The summed E-state index contributed by atoms with van der Waals surface area (Å²) >= 11 is 3.48. The first-order valence-corrected chi connectivity index (χ1v) is 7.85. The van der Waals surface area contributed by atoms with Gasteiger partial charge in [0.2, 0.25) is 0 Å². The molecule has 1 aliphatic rings. The SMILES string of the molecule is CC(C)C(CCO)NCC1=Cc2cc(Br)ccc2OC1. The van der Waals surface area contributed by atoms with Crippen LogP contribution in [-0.2, 0) is 0 Å². The van der Waals surface area contributed by atoms with E-state index < -0.39 is 0 Å². The van der Waals surface area contributed by atoms with Crippen molar-refractivity contribution in [1.29, 1.82) is 0 Å². The first kappa shape index (κ1) is 15.5. The molecule has 3 nitrogen and oxygen atoms in total. The first-order chi connectivity index (χ1) is 9.60. The summed E-state index contributed by atoms with van der Waals surface area (Å²) in [5, 5.41) is 12.6. The molecule has 0 radical (unpaired) electrons. The minimum atomic E-state index is 0.223. The van der Waals surface area contributed by atoms with E-state index in [1.807, 2.05) is 12.1 Å². The van der Waals surface area contributed by atoms with Crippen LogP contribution < -0.4 is 10.1 Å². The van der Waals surface area contributed by atoms with E-state index in [1.165, 1.54) is 5.57 Å². The van der Waals surface area contributed by atoms with E-state index in [0.29, 0.717) is 18.6 Å². The lowest BCUT2D eigenvalue weighted by Crippen LogP contribution is -2.36. The van der Waals surface area contributed by atoms with Crippen LogP contribution in [0.1, 0.15) is 25.8 Å². The van der Waals surface area contributed by atoms with Crippen LogP contribution in [0.15, 0.2) is 28.2 Å². The van der Waals surface area contributed by atoms with Crippen molar-refractivity contribution in [3.8, 4) is 5.75 Å². The van der Waals surface area contributed by atoms with Crippen molar-refractivity contribution >= 4 is 22.0 Å². The summed E-state index contributed by atoms with van der Waals surface area (Å²) in [5.41, 5.74) is 2.35. The number of halogens is 1. The average Bonchev–Trinajstić information content (AvgIpc) is 2.42. The Morgan fingerprint density at radius 3 is 2.90 bits per heavy atom. The number of aliphatic hydroxyl groups is 1. The van der Waals surface area contributed by atoms with E-state index in [2.05, 4.69) is 47.2 Å². The van der Waals surface area contributed by atoms with Gasteiger partial charge in [-0.2, -0.15) is 0 Å². The predicted octanol–water partition coefficient (Wildman–Crippen LogP) is 3.22. The molecule has 2 rings (SSSR count). The lowest BCUT2D eigenvalue weighted by Gasteiger charge is -2.24. The van der Waals surface area contributed by atoms with Gasteiger partial charge in [-0.15, -0.1) is 0 Å². The molecule has 110 valence electrons. The molecule has 0 saturated heterocycles. The Morgan fingerprint density at radius 1 is 1.40 bits per heavy atom. The largest absolute Gasteiger partial charge is 0.489 e. The lowest BCUT2D eigenvalue weighted by atomic mass is 10.0. The molecule has 0 spiro atoms. The molecule has 1 heterocycles. The number of rotatable bonds is 6. The summed E-state index contributed by atoms with van der Waals surface area (Å²) in [7, 11) is 0. The highest BCUT2D eigenvalue weighted by atomic mass is 79.9. The fraction of sp³-hybridized carbons (Fsp3) is 0.500. The zero-order chi connectivity index (χ0) is 14.5. The minimum Gasteiger partial charge on any atom is -0.489 e. The Balaban J connectivity index is 2.00. The monoisotopic (exact) mass is 339 g/mol. The van der Waals surface area contributed by atoms with Crippen molar-refractivity contribution in [1.82, 2.24) is 5.32 Å². The Hall–Kier alpha value is -0.840. The number of hydrogen-bond acceptors (Lipinski definition) is 3. The molecule has 1 aliphatic heterocycles. The molecule has 1 aromatic rings. The van der Waals surface area contributed by atoms with Gasteiger partial charge in [0.05, 0.1) is 0 Å². The lowest BCUT2D eigenvalue weighted by molar-refractivity contribution is 0.245. The minimum absolute atomic E-state index is 0.223. The fourth-order valence-corrected chi connectivity index (χ4v) is 2.75. The van der Waals surface area contributed by atoms with Gasteiger partial charge in [0.1, 0.15) is 12.4 Å². The normalized spacial score (nSPS) is 15.6. The maximum atomic E-state index is 9.10. The summed E-state index contributed by atoms with van der Waals surface area (Å²) < 4.78 is 6.83. The fourth-order valence-electron chi connectivity index (χ4n) is 2.37. The van der Waals surface area contributed by atoms with Crippen LogP contribution in [0.2, 0.25) is 0 Å². The summed E-state index contributed by atoms with van der Waals surface area (Å²) in [6.45, 7) is 6.00. The van der Waals surface area contributed by atoms with Crippen LogP contribution in [0.5, 0.6) is 5.75 Å². The van der Waals surface area contributed by atoms with E-state index in [1.54, 1.807) is 0 Å². The van der Waals surface area contributed by atoms with Gasteiger partial charge in [0, 0.05) is 29.2 Å². The maximum absolute atomic E-state index is 9.10. The third-order valence-corrected chi connectivity index (χ3v) is 4.07. The summed E-state index contributed by atoms with van der Waals surface area (Å²) in [6, 6.07) is 6.39. The Labute approximate surface area is 129 Å². The van der Waals surface area contributed by atoms with Crippen LogP contribution in [0, 0.1) is 5.92 Å². The summed E-state index contributed by atoms with van der Waals surface area (Å²) in [6.07, 6.45) is 2.97. The van der Waals surface area contributed by atoms with Crippen molar-refractivity contribution in [3.05, 3.63) is 33.8 Å². The van der Waals surface area contributed by atoms with Crippen LogP contribution >= 0.6 is 15.9 Å². The quantitative estimate of drug-likeness (QED) is 0.836. The van der Waals surface area contributed by atoms with Crippen LogP contribution in [-0.4, -0.2) is 30.9 Å². The van der Waals surface area contributed by atoms with Crippen LogP contribution in [0.25, 0.3) is 6.08 Å². The second-order valence-corrected chi connectivity index (χ2v) is 6.43. The first-order valence-electron chi connectivity index (χ1n) is 7.06. The maximum Gasteiger partial charge on any atom is 0.127 e. The van der Waals surface area contributed by atoms with Gasteiger partial charge in [0.25, 0.3) is 0 Å². The van der Waals surface area contributed by atoms with Crippen molar-refractivity contribution in [2.45, 2.75) is 26.3 Å². The van der Waals surface area contributed by atoms with E-state index in [-0.39, 0.29) is 6.61 Å². The topological polar surface area (TPSA) is 41.5 Å². The molecule has 0 fully saturated rings. The number of hydrogen-bond donors (Lipinski definition) is 2. The molecule has 0 bridgehead atoms. The molecule has 1 aromatic carbocycles. The highest BCUT2D eigenvalue weighted by Crippen LogP contribution is 2.28. The molecule has 1 unspecified atom stereocenters. The standard InChI is InChI=1S/C16H22BrNO2/c1-11(2)15(5-6-19)18-9-12-7-13-8-14(17)3-4-16(13)20-10-12/h3-4,7-8,11,15,18-19H,5-6,9-10H2,1-2H3. The zero-order valence-electron chi connectivity index (χ0n) is 12.0. The second kappa shape index (κ2) is 7.25. The van der Waals surface area contributed by atoms with Crippen molar-refractivity contribution in [2.75, 3.05) is 19.8 Å². The van der Waals surface area contributed by atoms with E-state index in [4.69, 9.17) is 9.84 Å². The summed E-state index contributed by atoms with van der Waals surface area (Å²) in [4.78, 5) is 0. The van der Waals surface area contributed by atoms with Gasteiger partial charge < -0.3 is 15.2 Å². The highest BCUT2D eigenvalue weighted by Gasteiger charge is 2.15. The Morgan fingerprint density at radius 2 is 2.20 bits per heavy atom. The molecule has 0 aliphatic carbocycles. The molecule has 1 atom stereocenters. The third kappa shape index (κ3) is 4.08. The van der Waals surface area contributed by atoms with Gasteiger partial charge in [-0.3, -0.25) is 0 Å². The van der Waals surface area contributed by atoms with E-state index in [9.17, 15) is 0 Å². The molecule has 20 heavy (non-hydrogen) atoms. The van der Waals surface area contributed by atoms with Crippen molar-refractivity contribution < 1.29 is 9.84 Å². The molecular formula is C16H22BrNO2. The molecule has 0 saturated carbocycles. The van der Waals surface area contributed by atoms with Gasteiger partial charge in [-0.05, 0) is 42.2 Å². The number of fused-ring (bicyclic) bond motifs is 1. The highest BCUT2D eigenvalue weighted by molar-refractivity contribution is 9.10. The summed E-state index contributed by atoms with van der Waals surface area (Å²) in [5.74, 6) is 1.45. The van der Waals surface area contributed by atoms with Crippen molar-refractivity contribution in [3.63, 3.8) is 0 Å². The molecule has 2 N–H and O–H groups in total. The van der Waals surface area contributed by atoms with Gasteiger partial charge in [-0.1, -0.05) is 29.8 Å². The molecule has 0 amide bonds. The number of nitrogens with one attached hydrogen (secondary N) is 1. The van der Waals surface area contributed by atoms with Crippen LogP contribution in [0.4, 0.5) is 0 Å². The molecule has 0 aromatic heterocycles. The van der Waals surface area contributed by atoms with Gasteiger partial charge >= 0.3 is 0 Å². The molecular weight excluding hydrogens is 318 g/mol. The number of benzene rings is 1. The van der Waals surface area contributed by atoms with Crippen LogP contribution in [0.3, 0.4) is 0 Å². The molecule has 4 heteroatoms. The zero-order valence-corrected chi connectivity index (χ0v) is 13.6. The van der Waals surface area contributed by atoms with Gasteiger partial charge in [-0.25, -0.2) is 0 Å². The third-order valence-electron chi connectivity index (χ3n) is 3.58. The Bertz CT molecular complexity index is 485. The number of ether oxygens (including phenoxy) is 1. The smallest absolute Gasteiger partial charge is 0.127 e. The average molecular weight is 340 g/mol. The number of aliphatic hydroxyl groups excluding tert-OH is 1.